The van der Waals surface area contributed by atoms with Crippen molar-refractivity contribution in [2.75, 3.05) is 18.4 Å². The highest BCUT2D eigenvalue weighted by atomic mass is 15.2. The van der Waals surface area contributed by atoms with Crippen molar-refractivity contribution >= 4 is 5.82 Å². The van der Waals surface area contributed by atoms with E-state index in [1.165, 1.54) is 0 Å². The van der Waals surface area contributed by atoms with Crippen molar-refractivity contribution in [3.8, 4) is 0 Å². The molecule has 1 aromatic heterocycles. The molecule has 0 bridgehead atoms. The van der Waals surface area contributed by atoms with Gasteiger partial charge in [0.1, 0.15) is 5.82 Å². The minimum atomic E-state index is 0.723. The lowest BCUT2D eigenvalue weighted by molar-refractivity contribution is 0.868. The number of anilines is 1. The number of rotatable bonds is 4. The SMILES string of the molecule is NCCCNc1ccn[nH]1. The predicted molar refractivity (Wildman–Crippen MR) is 40.7 cm³/mol. The quantitative estimate of drug-likeness (QED) is 0.522. The van der Waals surface area contributed by atoms with Crippen molar-refractivity contribution in [2.45, 2.75) is 6.42 Å². The topological polar surface area (TPSA) is 66.7 Å². The Labute approximate surface area is 59.8 Å². The van der Waals surface area contributed by atoms with Crippen LogP contribution < -0.4 is 11.1 Å². The fraction of sp³-hybridized carbons (Fsp3) is 0.500. The third-order valence-electron chi connectivity index (χ3n) is 1.20. The number of aromatic amines is 1. The van der Waals surface area contributed by atoms with Crippen LogP contribution in [0.1, 0.15) is 6.42 Å². The summed E-state index contributed by atoms with van der Waals surface area (Å²) in [6, 6.07) is 1.89. The first-order valence-corrected chi connectivity index (χ1v) is 3.37. The van der Waals surface area contributed by atoms with Gasteiger partial charge in [-0.25, -0.2) is 0 Å². The molecule has 0 aliphatic carbocycles. The van der Waals surface area contributed by atoms with Crippen molar-refractivity contribution in [2.24, 2.45) is 5.73 Å². The molecule has 0 saturated heterocycles. The van der Waals surface area contributed by atoms with Gasteiger partial charge in [-0.05, 0) is 19.0 Å². The molecule has 0 aromatic carbocycles. The first-order valence-electron chi connectivity index (χ1n) is 3.37. The predicted octanol–water partition coefficient (Wildman–Crippen LogP) is 0.170. The van der Waals surface area contributed by atoms with E-state index in [9.17, 15) is 0 Å². The van der Waals surface area contributed by atoms with Crippen molar-refractivity contribution in [3.63, 3.8) is 0 Å². The Morgan fingerprint density at radius 1 is 1.70 bits per heavy atom. The van der Waals surface area contributed by atoms with E-state index in [0.717, 1.165) is 25.3 Å². The van der Waals surface area contributed by atoms with Crippen LogP contribution in [0.15, 0.2) is 12.3 Å². The summed E-state index contributed by atoms with van der Waals surface area (Å²) in [5, 5.41) is 9.70. The van der Waals surface area contributed by atoms with Crippen molar-refractivity contribution in [1.82, 2.24) is 10.2 Å². The van der Waals surface area contributed by atoms with Crippen LogP contribution in [0.4, 0.5) is 5.82 Å². The second-order valence-corrected chi connectivity index (χ2v) is 2.04. The maximum Gasteiger partial charge on any atom is 0.121 e. The van der Waals surface area contributed by atoms with Gasteiger partial charge in [0.25, 0.3) is 0 Å². The Kier molecular flexibility index (Phi) is 2.76. The molecule has 0 spiro atoms. The van der Waals surface area contributed by atoms with E-state index < -0.39 is 0 Å². The first-order chi connectivity index (χ1) is 4.93. The molecular formula is C6H12N4. The summed E-state index contributed by atoms with van der Waals surface area (Å²) in [7, 11) is 0. The van der Waals surface area contributed by atoms with Crippen LogP contribution >= 0.6 is 0 Å². The summed E-state index contributed by atoms with van der Waals surface area (Å²) in [6.45, 7) is 1.62. The molecule has 4 N–H and O–H groups in total. The molecule has 1 heterocycles. The van der Waals surface area contributed by atoms with Gasteiger partial charge < -0.3 is 11.1 Å². The molecule has 0 unspecified atom stereocenters. The molecule has 0 aliphatic rings. The maximum absolute atomic E-state index is 5.30. The number of nitrogens with one attached hydrogen (secondary N) is 2. The van der Waals surface area contributed by atoms with Gasteiger partial charge in [0.15, 0.2) is 0 Å². The molecule has 0 amide bonds. The van der Waals surface area contributed by atoms with Crippen molar-refractivity contribution < 1.29 is 0 Å². The molecule has 0 saturated carbocycles. The lowest BCUT2D eigenvalue weighted by Crippen LogP contribution is -2.08. The Morgan fingerprint density at radius 2 is 2.60 bits per heavy atom. The van der Waals surface area contributed by atoms with Crippen LogP contribution in [0.2, 0.25) is 0 Å². The molecule has 4 heteroatoms. The Bertz CT molecular complexity index is 158. The molecule has 0 aliphatic heterocycles. The molecule has 56 valence electrons. The summed E-state index contributed by atoms with van der Waals surface area (Å²) in [4.78, 5) is 0. The number of aromatic nitrogens is 2. The Hall–Kier alpha value is -1.03. The second-order valence-electron chi connectivity index (χ2n) is 2.04. The number of hydrogen-bond acceptors (Lipinski definition) is 3. The van der Waals surface area contributed by atoms with Gasteiger partial charge in [0.2, 0.25) is 0 Å². The molecule has 0 fully saturated rings. The summed E-state index contributed by atoms with van der Waals surface area (Å²) in [5.41, 5.74) is 5.30. The lowest BCUT2D eigenvalue weighted by Gasteiger charge is -1.99. The van der Waals surface area contributed by atoms with Crippen LogP contribution in [0.3, 0.4) is 0 Å². The average molecular weight is 140 g/mol. The minimum absolute atomic E-state index is 0.723. The van der Waals surface area contributed by atoms with Gasteiger partial charge in [-0.1, -0.05) is 0 Å². The number of hydrogen-bond donors (Lipinski definition) is 3. The molecular weight excluding hydrogens is 128 g/mol. The zero-order valence-corrected chi connectivity index (χ0v) is 5.80. The molecule has 1 aromatic rings. The third-order valence-corrected chi connectivity index (χ3v) is 1.20. The molecule has 0 radical (unpaired) electrons. The van der Waals surface area contributed by atoms with Crippen molar-refractivity contribution in [3.05, 3.63) is 12.3 Å². The van der Waals surface area contributed by atoms with E-state index in [2.05, 4.69) is 15.5 Å². The van der Waals surface area contributed by atoms with Gasteiger partial charge in [-0.2, -0.15) is 5.10 Å². The monoisotopic (exact) mass is 140 g/mol. The van der Waals surface area contributed by atoms with Gasteiger partial charge in [0.05, 0.1) is 6.20 Å². The van der Waals surface area contributed by atoms with Gasteiger partial charge in [0, 0.05) is 6.54 Å². The summed E-state index contributed by atoms with van der Waals surface area (Å²) < 4.78 is 0. The second kappa shape index (κ2) is 3.90. The fourth-order valence-corrected chi connectivity index (χ4v) is 0.679. The van der Waals surface area contributed by atoms with E-state index in [-0.39, 0.29) is 0 Å². The highest BCUT2D eigenvalue weighted by Crippen LogP contribution is 1.96. The summed E-state index contributed by atoms with van der Waals surface area (Å²) in [6.07, 6.45) is 2.70. The van der Waals surface area contributed by atoms with Crippen LogP contribution in [-0.2, 0) is 0 Å². The van der Waals surface area contributed by atoms with Gasteiger partial charge in [-0.15, -0.1) is 0 Å². The molecule has 1 rings (SSSR count). The standard InChI is InChI=1S/C6H12N4/c7-3-1-4-8-6-2-5-9-10-6/h2,5H,1,3-4,7H2,(H2,8,9,10). The highest BCUT2D eigenvalue weighted by Gasteiger charge is 1.88. The smallest absolute Gasteiger partial charge is 0.121 e. The van der Waals surface area contributed by atoms with Crippen LogP contribution in [-0.4, -0.2) is 23.3 Å². The van der Waals surface area contributed by atoms with Gasteiger partial charge >= 0.3 is 0 Å². The van der Waals surface area contributed by atoms with Crippen molar-refractivity contribution in [1.29, 1.82) is 0 Å². The summed E-state index contributed by atoms with van der Waals surface area (Å²) in [5.74, 6) is 0.952. The molecule has 4 nitrogen and oxygen atoms in total. The number of H-pyrrole nitrogens is 1. The molecule has 0 atom stereocenters. The third kappa shape index (κ3) is 2.06. The zero-order chi connectivity index (χ0) is 7.23. The zero-order valence-electron chi connectivity index (χ0n) is 5.80. The number of nitrogens with two attached hydrogens (primary N) is 1. The van der Waals surface area contributed by atoms with Crippen LogP contribution in [0.5, 0.6) is 0 Å². The van der Waals surface area contributed by atoms with Crippen LogP contribution in [0, 0.1) is 0 Å². The Morgan fingerprint density at radius 3 is 3.20 bits per heavy atom. The lowest BCUT2D eigenvalue weighted by atomic mass is 10.4. The van der Waals surface area contributed by atoms with E-state index in [1.54, 1.807) is 6.20 Å². The maximum atomic E-state index is 5.30. The highest BCUT2D eigenvalue weighted by molar-refractivity contribution is 5.31. The summed E-state index contributed by atoms with van der Waals surface area (Å²) >= 11 is 0. The fourth-order valence-electron chi connectivity index (χ4n) is 0.679. The van der Waals surface area contributed by atoms with E-state index in [0.29, 0.717) is 0 Å². The minimum Gasteiger partial charge on any atom is -0.370 e. The van der Waals surface area contributed by atoms with Gasteiger partial charge in [-0.3, -0.25) is 5.10 Å². The number of nitrogens with zero attached hydrogens (tertiary/aromatic N) is 1. The average Bonchev–Trinajstić information content (AvgIpc) is 2.41. The van der Waals surface area contributed by atoms with E-state index >= 15 is 0 Å². The van der Waals surface area contributed by atoms with E-state index in [1.807, 2.05) is 6.07 Å². The van der Waals surface area contributed by atoms with E-state index in [4.69, 9.17) is 5.73 Å². The largest absolute Gasteiger partial charge is 0.370 e. The molecule has 10 heavy (non-hydrogen) atoms. The first kappa shape index (κ1) is 7.08. The van der Waals surface area contributed by atoms with Crippen LogP contribution in [0.25, 0.3) is 0 Å². The Balaban J connectivity index is 2.15. The normalized spacial score (nSPS) is 9.70.